The van der Waals surface area contributed by atoms with Crippen LogP contribution >= 0.6 is 0 Å². The fourth-order valence-electron chi connectivity index (χ4n) is 2.95. The molecule has 9 nitrogen and oxygen atoms in total. The topological polar surface area (TPSA) is 159 Å². The molecule has 0 aliphatic carbocycles. The first kappa shape index (κ1) is 24.3. The van der Waals surface area contributed by atoms with Gasteiger partial charge in [-0.15, -0.1) is 0 Å². The SMILES string of the molecule is Cc1cc(NC(=O)CC[C@H](N)C(=O)NCCCc2ccccc2)c(O)c(S(=O)(=O)O)c1. The van der Waals surface area contributed by atoms with Crippen LogP contribution in [0, 0.1) is 6.92 Å². The van der Waals surface area contributed by atoms with Crippen molar-refractivity contribution in [1.29, 1.82) is 0 Å². The van der Waals surface area contributed by atoms with E-state index >= 15 is 0 Å². The zero-order chi connectivity index (χ0) is 23.0. The molecule has 0 saturated carbocycles. The predicted octanol–water partition coefficient (Wildman–Crippen LogP) is 1.74. The Hall–Kier alpha value is -2.95. The van der Waals surface area contributed by atoms with Gasteiger partial charge in [-0.2, -0.15) is 8.42 Å². The highest BCUT2D eigenvalue weighted by molar-refractivity contribution is 7.86. The molecule has 0 aromatic heterocycles. The standard InChI is InChI=1S/C21H27N3O6S/c1-14-12-17(20(26)18(13-14)31(28,29)30)24-19(25)10-9-16(22)21(27)23-11-5-8-15-6-3-2-4-7-15/h2-4,6-7,12-13,16,26H,5,8-11,22H2,1H3,(H,23,27)(H,24,25)(H,28,29,30)/t16-/m0/s1. The minimum atomic E-state index is -4.65. The van der Waals surface area contributed by atoms with E-state index in [0.717, 1.165) is 18.9 Å². The largest absolute Gasteiger partial charge is 0.504 e. The van der Waals surface area contributed by atoms with Gasteiger partial charge in [0.1, 0.15) is 4.90 Å². The Bertz CT molecular complexity index is 1020. The van der Waals surface area contributed by atoms with E-state index < -0.39 is 32.7 Å². The minimum Gasteiger partial charge on any atom is -0.504 e. The van der Waals surface area contributed by atoms with Gasteiger partial charge in [0.15, 0.2) is 5.75 Å². The van der Waals surface area contributed by atoms with E-state index in [1.165, 1.54) is 11.6 Å². The maximum atomic E-state index is 12.2. The van der Waals surface area contributed by atoms with Gasteiger partial charge in [-0.1, -0.05) is 30.3 Å². The quantitative estimate of drug-likeness (QED) is 0.210. The third kappa shape index (κ3) is 7.67. The molecule has 0 unspecified atom stereocenters. The molecule has 2 amide bonds. The van der Waals surface area contributed by atoms with E-state index in [1.807, 2.05) is 30.3 Å². The third-order valence-electron chi connectivity index (χ3n) is 4.57. The van der Waals surface area contributed by atoms with Crippen LogP contribution in [0.5, 0.6) is 5.75 Å². The number of rotatable bonds is 10. The summed E-state index contributed by atoms with van der Waals surface area (Å²) in [6.07, 6.45) is 1.53. The summed E-state index contributed by atoms with van der Waals surface area (Å²) in [7, 11) is -4.65. The maximum Gasteiger partial charge on any atom is 0.298 e. The zero-order valence-electron chi connectivity index (χ0n) is 17.2. The Morgan fingerprint density at radius 3 is 2.48 bits per heavy atom. The van der Waals surface area contributed by atoms with Gasteiger partial charge >= 0.3 is 0 Å². The second kappa shape index (κ2) is 10.9. The molecule has 2 rings (SSSR count). The third-order valence-corrected chi connectivity index (χ3v) is 5.44. The van der Waals surface area contributed by atoms with Gasteiger partial charge in [0, 0.05) is 13.0 Å². The molecule has 0 aliphatic rings. The Labute approximate surface area is 181 Å². The molecule has 0 aliphatic heterocycles. The number of aromatic hydroxyl groups is 1. The van der Waals surface area contributed by atoms with Gasteiger partial charge in [0.05, 0.1) is 11.7 Å². The molecular weight excluding hydrogens is 422 g/mol. The van der Waals surface area contributed by atoms with Crippen molar-refractivity contribution in [1.82, 2.24) is 5.32 Å². The molecule has 2 aromatic carbocycles. The van der Waals surface area contributed by atoms with Gasteiger partial charge in [-0.3, -0.25) is 14.1 Å². The Morgan fingerprint density at radius 1 is 1.16 bits per heavy atom. The lowest BCUT2D eigenvalue weighted by molar-refractivity contribution is -0.122. The van der Waals surface area contributed by atoms with Crippen molar-refractivity contribution in [2.75, 3.05) is 11.9 Å². The summed E-state index contributed by atoms with van der Waals surface area (Å²) in [5.41, 5.74) is 7.26. The number of hydrogen-bond acceptors (Lipinski definition) is 6. The van der Waals surface area contributed by atoms with Crippen LogP contribution < -0.4 is 16.4 Å². The molecule has 168 valence electrons. The van der Waals surface area contributed by atoms with Crippen molar-refractivity contribution in [2.24, 2.45) is 5.73 Å². The number of carbonyl (C=O) groups is 2. The van der Waals surface area contributed by atoms with E-state index in [9.17, 15) is 27.7 Å². The number of nitrogens with one attached hydrogen (secondary N) is 2. The summed E-state index contributed by atoms with van der Waals surface area (Å²) >= 11 is 0. The molecule has 2 aromatic rings. The molecular formula is C21H27N3O6S. The van der Waals surface area contributed by atoms with Crippen LogP contribution in [0.4, 0.5) is 5.69 Å². The van der Waals surface area contributed by atoms with Crippen molar-refractivity contribution in [3.05, 3.63) is 53.6 Å². The van der Waals surface area contributed by atoms with Crippen molar-refractivity contribution < 1.29 is 27.7 Å². The number of aryl methyl sites for hydroxylation is 2. The van der Waals surface area contributed by atoms with Crippen LogP contribution in [-0.4, -0.2) is 42.5 Å². The van der Waals surface area contributed by atoms with E-state index in [1.54, 1.807) is 6.92 Å². The van der Waals surface area contributed by atoms with Crippen LogP contribution in [-0.2, 0) is 26.1 Å². The fourth-order valence-corrected chi connectivity index (χ4v) is 3.64. The normalized spacial score (nSPS) is 12.2. The number of anilines is 1. The molecule has 0 heterocycles. The molecule has 31 heavy (non-hydrogen) atoms. The average Bonchev–Trinajstić information content (AvgIpc) is 2.71. The number of amides is 2. The van der Waals surface area contributed by atoms with Crippen LogP contribution in [0.1, 0.15) is 30.4 Å². The first-order valence-electron chi connectivity index (χ1n) is 9.76. The molecule has 1 atom stereocenters. The van der Waals surface area contributed by atoms with Crippen molar-refractivity contribution in [3.8, 4) is 5.75 Å². The van der Waals surface area contributed by atoms with Crippen molar-refractivity contribution in [3.63, 3.8) is 0 Å². The summed E-state index contributed by atoms with van der Waals surface area (Å²) in [6, 6.07) is 11.4. The number of benzene rings is 2. The molecule has 0 fully saturated rings. The second-order valence-electron chi connectivity index (χ2n) is 7.21. The first-order valence-corrected chi connectivity index (χ1v) is 11.2. The lowest BCUT2D eigenvalue weighted by atomic mass is 10.1. The Balaban J connectivity index is 1.80. The number of phenols is 1. The van der Waals surface area contributed by atoms with Crippen molar-refractivity contribution >= 4 is 27.6 Å². The van der Waals surface area contributed by atoms with E-state index in [2.05, 4.69) is 10.6 Å². The monoisotopic (exact) mass is 449 g/mol. The molecule has 0 saturated heterocycles. The molecule has 0 radical (unpaired) electrons. The van der Waals surface area contributed by atoms with Gasteiger partial charge in [0.2, 0.25) is 11.8 Å². The first-order chi connectivity index (χ1) is 14.6. The zero-order valence-corrected chi connectivity index (χ0v) is 18.0. The second-order valence-corrected chi connectivity index (χ2v) is 8.60. The number of phenolic OH excluding ortho intramolecular Hbond substituents is 1. The smallest absolute Gasteiger partial charge is 0.298 e. The fraction of sp³-hybridized carbons (Fsp3) is 0.333. The highest BCUT2D eigenvalue weighted by Crippen LogP contribution is 2.32. The average molecular weight is 450 g/mol. The molecule has 0 bridgehead atoms. The van der Waals surface area contributed by atoms with Crippen molar-refractivity contribution in [2.45, 2.75) is 43.5 Å². The predicted molar refractivity (Wildman–Crippen MR) is 116 cm³/mol. The highest BCUT2D eigenvalue weighted by Gasteiger charge is 2.21. The molecule has 0 spiro atoms. The van der Waals surface area contributed by atoms with E-state index in [4.69, 9.17) is 5.73 Å². The Kier molecular flexibility index (Phi) is 8.55. The van der Waals surface area contributed by atoms with Crippen LogP contribution in [0.25, 0.3) is 0 Å². The van der Waals surface area contributed by atoms with Crippen LogP contribution in [0.3, 0.4) is 0 Å². The molecule has 10 heteroatoms. The summed E-state index contributed by atoms with van der Waals surface area (Å²) in [5, 5.41) is 15.1. The number of carbonyl (C=O) groups excluding carboxylic acids is 2. The van der Waals surface area contributed by atoms with E-state index in [-0.39, 0.29) is 24.4 Å². The van der Waals surface area contributed by atoms with Gasteiger partial charge in [0.25, 0.3) is 10.1 Å². The maximum absolute atomic E-state index is 12.2. The summed E-state index contributed by atoms with van der Waals surface area (Å²) in [4.78, 5) is 23.5. The van der Waals surface area contributed by atoms with Crippen LogP contribution in [0.2, 0.25) is 0 Å². The molecule has 6 N–H and O–H groups in total. The lowest BCUT2D eigenvalue weighted by Gasteiger charge is -2.14. The summed E-state index contributed by atoms with van der Waals surface area (Å²) in [5.74, 6) is -1.69. The van der Waals surface area contributed by atoms with E-state index in [0.29, 0.717) is 12.1 Å². The Morgan fingerprint density at radius 2 is 1.84 bits per heavy atom. The van der Waals surface area contributed by atoms with Crippen LogP contribution in [0.15, 0.2) is 47.4 Å². The summed E-state index contributed by atoms with van der Waals surface area (Å²) < 4.78 is 31.9. The summed E-state index contributed by atoms with van der Waals surface area (Å²) in [6.45, 7) is 2.00. The van der Waals surface area contributed by atoms with Gasteiger partial charge in [-0.25, -0.2) is 0 Å². The van der Waals surface area contributed by atoms with Gasteiger partial charge in [-0.05, 0) is 49.4 Å². The van der Waals surface area contributed by atoms with Gasteiger partial charge < -0.3 is 21.5 Å². The highest BCUT2D eigenvalue weighted by atomic mass is 32.2. The lowest BCUT2D eigenvalue weighted by Crippen LogP contribution is -2.41. The number of nitrogens with two attached hydrogens (primary N) is 1. The number of hydrogen-bond donors (Lipinski definition) is 5. The minimum absolute atomic E-state index is 0.0636.